The molecule has 3 nitrogen and oxygen atoms in total. The Bertz CT molecular complexity index is 514. The molecule has 0 radical (unpaired) electrons. The van der Waals surface area contributed by atoms with Gasteiger partial charge in [0.1, 0.15) is 11.5 Å². The van der Waals surface area contributed by atoms with Crippen molar-refractivity contribution < 1.29 is 9.18 Å². The average Bonchev–Trinajstić information content (AvgIpc) is 2.68. The molecule has 0 saturated heterocycles. The van der Waals surface area contributed by atoms with Crippen molar-refractivity contribution in [1.82, 2.24) is 4.37 Å². The van der Waals surface area contributed by atoms with E-state index in [0.29, 0.717) is 5.69 Å². The number of hydrogen-bond donors (Lipinski definition) is 0. The lowest BCUT2D eigenvalue weighted by Gasteiger charge is -1.96. The quantitative estimate of drug-likeness (QED) is 0.576. The van der Waals surface area contributed by atoms with Crippen LogP contribution in [0.5, 0.6) is 0 Å². The Morgan fingerprint density at radius 3 is 2.73 bits per heavy atom. The number of nitrogens with zero attached hydrogens (tertiary/aromatic N) is 2. The van der Waals surface area contributed by atoms with Crippen LogP contribution in [0.3, 0.4) is 0 Å². The van der Waals surface area contributed by atoms with Gasteiger partial charge in [-0.3, -0.25) is 0 Å². The van der Waals surface area contributed by atoms with Gasteiger partial charge in [-0.1, -0.05) is 12.1 Å². The molecule has 15 heavy (non-hydrogen) atoms. The second kappa shape index (κ2) is 4.13. The number of carbonyl (C=O) groups excluding carboxylic acids is 1. The summed E-state index contributed by atoms with van der Waals surface area (Å²) in [6.45, 7) is 0. The first-order valence-corrected chi connectivity index (χ1v) is 4.87. The van der Waals surface area contributed by atoms with Crippen LogP contribution in [0.4, 0.5) is 10.1 Å². The molecule has 0 atom stereocenters. The second-order valence-corrected chi connectivity index (χ2v) is 3.55. The van der Waals surface area contributed by atoms with Gasteiger partial charge in [0, 0.05) is 0 Å². The number of benzene rings is 1. The molecule has 0 aliphatic carbocycles. The molecular formula is C10H5FN2OS. The smallest absolute Gasteiger partial charge is 0.211 e. The van der Waals surface area contributed by atoms with E-state index in [1.54, 1.807) is 12.1 Å². The molecule has 0 bridgehead atoms. The van der Waals surface area contributed by atoms with Gasteiger partial charge in [0.05, 0.1) is 11.1 Å². The van der Waals surface area contributed by atoms with Crippen molar-refractivity contribution in [3.05, 3.63) is 36.3 Å². The fourth-order valence-electron chi connectivity index (χ4n) is 1.17. The van der Waals surface area contributed by atoms with Gasteiger partial charge in [0.2, 0.25) is 6.08 Å². The standard InChI is InChI=1S/C10H5FN2OS/c11-8-3-1-7(2-4-8)10-9(12-6-14)5-13-15-10/h1-5H. The van der Waals surface area contributed by atoms with Gasteiger partial charge in [-0.05, 0) is 29.2 Å². The fraction of sp³-hybridized carbons (Fsp3) is 0. The summed E-state index contributed by atoms with van der Waals surface area (Å²) >= 11 is 1.20. The zero-order chi connectivity index (χ0) is 10.7. The third kappa shape index (κ3) is 1.98. The summed E-state index contributed by atoms with van der Waals surface area (Å²) in [6.07, 6.45) is 2.94. The monoisotopic (exact) mass is 220 g/mol. The molecule has 1 aromatic carbocycles. The SMILES string of the molecule is O=C=Nc1cnsc1-c1ccc(F)cc1. The maximum absolute atomic E-state index is 12.7. The molecule has 74 valence electrons. The van der Waals surface area contributed by atoms with Crippen molar-refractivity contribution in [2.24, 2.45) is 4.99 Å². The van der Waals surface area contributed by atoms with E-state index in [1.807, 2.05) is 0 Å². The normalized spacial score (nSPS) is 9.67. The minimum atomic E-state index is -0.302. The summed E-state index contributed by atoms with van der Waals surface area (Å²) in [5.41, 5.74) is 1.24. The number of isocyanates is 1. The van der Waals surface area contributed by atoms with E-state index < -0.39 is 0 Å². The lowest BCUT2D eigenvalue weighted by molar-refractivity contribution is 0.565. The molecular weight excluding hydrogens is 215 g/mol. The van der Waals surface area contributed by atoms with Gasteiger partial charge in [-0.25, -0.2) is 9.18 Å². The number of hydrogen-bond acceptors (Lipinski definition) is 4. The van der Waals surface area contributed by atoms with Gasteiger partial charge in [-0.15, -0.1) is 0 Å². The molecule has 5 heteroatoms. The Kier molecular flexibility index (Phi) is 2.67. The number of halogens is 1. The van der Waals surface area contributed by atoms with Crippen LogP contribution in [0.2, 0.25) is 0 Å². The van der Waals surface area contributed by atoms with E-state index in [2.05, 4.69) is 9.37 Å². The summed E-state index contributed by atoms with van der Waals surface area (Å²) in [5, 5.41) is 0. The van der Waals surface area contributed by atoms with Crippen molar-refractivity contribution in [3.8, 4) is 10.4 Å². The summed E-state index contributed by atoms with van der Waals surface area (Å²) in [7, 11) is 0. The maximum atomic E-state index is 12.7. The van der Waals surface area contributed by atoms with E-state index in [-0.39, 0.29) is 5.82 Å². The van der Waals surface area contributed by atoms with Crippen LogP contribution < -0.4 is 0 Å². The van der Waals surface area contributed by atoms with Crippen molar-refractivity contribution in [2.45, 2.75) is 0 Å². The first-order valence-electron chi connectivity index (χ1n) is 4.10. The van der Waals surface area contributed by atoms with Crippen LogP contribution in [0.15, 0.2) is 35.5 Å². The lowest BCUT2D eigenvalue weighted by Crippen LogP contribution is -1.75. The third-order valence-electron chi connectivity index (χ3n) is 1.82. The van der Waals surface area contributed by atoms with E-state index in [4.69, 9.17) is 0 Å². The topological polar surface area (TPSA) is 42.3 Å². The summed E-state index contributed by atoms with van der Waals surface area (Å²) in [5.74, 6) is -0.302. The van der Waals surface area contributed by atoms with E-state index in [1.165, 1.54) is 35.9 Å². The molecule has 0 fully saturated rings. The molecule has 2 aromatic rings. The van der Waals surface area contributed by atoms with Crippen molar-refractivity contribution in [1.29, 1.82) is 0 Å². The first kappa shape index (κ1) is 9.71. The van der Waals surface area contributed by atoms with Crippen molar-refractivity contribution in [2.75, 3.05) is 0 Å². The van der Waals surface area contributed by atoms with Gasteiger partial charge < -0.3 is 0 Å². The molecule has 2 rings (SSSR count). The zero-order valence-electron chi connectivity index (χ0n) is 7.48. The Balaban J connectivity index is 2.49. The fourth-order valence-corrected chi connectivity index (χ4v) is 1.86. The predicted octanol–water partition coefficient (Wildman–Crippen LogP) is 2.92. The maximum Gasteiger partial charge on any atom is 0.240 e. The second-order valence-electron chi connectivity index (χ2n) is 2.75. The Morgan fingerprint density at radius 1 is 1.33 bits per heavy atom. The average molecular weight is 220 g/mol. The van der Waals surface area contributed by atoms with Crippen LogP contribution in [-0.2, 0) is 4.79 Å². The molecule has 0 saturated carbocycles. The molecule has 0 aliphatic heterocycles. The van der Waals surface area contributed by atoms with Gasteiger partial charge in [-0.2, -0.15) is 9.37 Å². The van der Waals surface area contributed by atoms with Gasteiger partial charge in [0.25, 0.3) is 0 Å². The first-order chi connectivity index (χ1) is 7.31. The lowest BCUT2D eigenvalue weighted by atomic mass is 10.2. The summed E-state index contributed by atoms with van der Waals surface area (Å²) in [6, 6.07) is 5.94. The number of rotatable bonds is 2. The highest BCUT2D eigenvalue weighted by molar-refractivity contribution is 7.10. The molecule has 1 heterocycles. The minimum absolute atomic E-state index is 0.302. The molecule has 0 spiro atoms. The van der Waals surface area contributed by atoms with Gasteiger partial charge in [0.15, 0.2) is 0 Å². The third-order valence-corrected chi connectivity index (χ3v) is 2.66. The predicted molar refractivity (Wildman–Crippen MR) is 55.3 cm³/mol. The Hall–Kier alpha value is -1.84. The highest BCUT2D eigenvalue weighted by Gasteiger charge is 2.07. The van der Waals surface area contributed by atoms with Crippen molar-refractivity contribution in [3.63, 3.8) is 0 Å². The van der Waals surface area contributed by atoms with E-state index in [0.717, 1.165) is 10.4 Å². The summed E-state index contributed by atoms with van der Waals surface area (Å²) < 4.78 is 16.6. The molecule has 0 N–H and O–H groups in total. The highest BCUT2D eigenvalue weighted by atomic mass is 32.1. The minimum Gasteiger partial charge on any atom is -0.211 e. The van der Waals surface area contributed by atoms with Crippen LogP contribution >= 0.6 is 11.5 Å². The zero-order valence-corrected chi connectivity index (χ0v) is 8.29. The largest absolute Gasteiger partial charge is 0.240 e. The number of aromatic nitrogens is 1. The summed E-state index contributed by atoms with van der Waals surface area (Å²) in [4.78, 5) is 14.4. The van der Waals surface area contributed by atoms with E-state index in [9.17, 15) is 9.18 Å². The van der Waals surface area contributed by atoms with Crippen LogP contribution in [0, 0.1) is 5.82 Å². The number of aliphatic imine (C=N–C) groups is 1. The van der Waals surface area contributed by atoms with Crippen molar-refractivity contribution >= 4 is 23.3 Å². The Labute approximate surface area is 89.1 Å². The highest BCUT2D eigenvalue weighted by Crippen LogP contribution is 2.33. The molecule has 0 aliphatic rings. The molecule has 0 unspecified atom stereocenters. The van der Waals surface area contributed by atoms with Gasteiger partial charge >= 0.3 is 0 Å². The van der Waals surface area contributed by atoms with Crippen LogP contribution in [-0.4, -0.2) is 10.5 Å². The molecule has 1 aromatic heterocycles. The Morgan fingerprint density at radius 2 is 2.07 bits per heavy atom. The van der Waals surface area contributed by atoms with E-state index >= 15 is 0 Å². The van der Waals surface area contributed by atoms with Crippen LogP contribution in [0.25, 0.3) is 10.4 Å². The van der Waals surface area contributed by atoms with Crippen LogP contribution in [0.1, 0.15) is 0 Å². The molecule has 0 amide bonds.